The molecule has 1 fully saturated rings. The lowest BCUT2D eigenvalue weighted by Crippen LogP contribution is -2.28. The lowest BCUT2D eigenvalue weighted by molar-refractivity contribution is 0.161. The van der Waals surface area contributed by atoms with Crippen LogP contribution in [-0.4, -0.2) is 6.54 Å². The zero-order valence-corrected chi connectivity index (χ0v) is 15.1. The van der Waals surface area contributed by atoms with E-state index in [0.717, 1.165) is 31.4 Å². The number of halogens is 4. The lowest BCUT2D eigenvalue weighted by Gasteiger charge is -2.37. The van der Waals surface area contributed by atoms with E-state index < -0.39 is 0 Å². The minimum absolute atomic E-state index is 0.339. The topological polar surface area (TPSA) is 26.0 Å². The molecule has 0 aliphatic heterocycles. The van der Waals surface area contributed by atoms with Gasteiger partial charge in [0.2, 0.25) is 0 Å². The smallest absolute Gasteiger partial charge is 0.0782 e. The van der Waals surface area contributed by atoms with Gasteiger partial charge in [-0.25, -0.2) is 0 Å². The van der Waals surface area contributed by atoms with Crippen LogP contribution in [-0.2, 0) is 6.42 Å². The summed E-state index contributed by atoms with van der Waals surface area (Å²) in [5.41, 5.74) is 7.08. The molecule has 118 valence electrons. The Morgan fingerprint density at radius 3 is 2.19 bits per heavy atom. The lowest BCUT2D eigenvalue weighted by atomic mass is 9.68. The predicted molar refractivity (Wildman–Crippen MR) is 94.0 cm³/mol. The first kappa shape index (κ1) is 17.7. The van der Waals surface area contributed by atoms with E-state index in [-0.39, 0.29) is 0 Å². The molecule has 1 aliphatic rings. The quantitative estimate of drug-likeness (QED) is 0.463. The molecular weight excluding hydrogens is 348 g/mol. The Hall–Kier alpha value is 0.340. The molecule has 0 bridgehead atoms. The Labute approximate surface area is 147 Å². The molecule has 1 aromatic carbocycles. The highest BCUT2D eigenvalue weighted by molar-refractivity contribution is 6.49. The molecule has 0 saturated heterocycles. The van der Waals surface area contributed by atoms with Crippen LogP contribution in [0, 0.1) is 5.41 Å². The van der Waals surface area contributed by atoms with Crippen molar-refractivity contribution in [3.8, 4) is 0 Å². The van der Waals surface area contributed by atoms with Gasteiger partial charge in [-0.15, -0.1) is 0 Å². The fourth-order valence-corrected chi connectivity index (χ4v) is 4.58. The molecule has 21 heavy (non-hydrogen) atoms. The van der Waals surface area contributed by atoms with Gasteiger partial charge in [0.25, 0.3) is 0 Å². The first-order chi connectivity index (χ1) is 9.99. The van der Waals surface area contributed by atoms with Gasteiger partial charge in [0, 0.05) is 5.02 Å². The highest BCUT2D eigenvalue weighted by Gasteiger charge is 2.31. The van der Waals surface area contributed by atoms with Crippen LogP contribution in [0.2, 0.25) is 20.1 Å². The standard InChI is InChI=1S/C16H21Cl4N/c17-12-10-13(18)15(20)14(19)11(12)4-7-16(8-9-21)5-2-1-3-6-16/h10H,1-9,21H2. The van der Waals surface area contributed by atoms with Gasteiger partial charge in [0.05, 0.1) is 15.1 Å². The third-order valence-corrected chi connectivity index (χ3v) is 6.34. The zero-order chi connectivity index (χ0) is 15.5. The highest BCUT2D eigenvalue weighted by Crippen LogP contribution is 2.45. The minimum atomic E-state index is 0.339. The first-order valence-corrected chi connectivity index (χ1v) is 9.02. The molecule has 0 aromatic heterocycles. The van der Waals surface area contributed by atoms with Crippen molar-refractivity contribution in [2.75, 3.05) is 6.54 Å². The van der Waals surface area contributed by atoms with E-state index in [1.54, 1.807) is 6.07 Å². The fourth-order valence-electron chi connectivity index (χ4n) is 3.46. The van der Waals surface area contributed by atoms with Gasteiger partial charge in [0.1, 0.15) is 0 Å². The molecule has 2 rings (SSSR count). The maximum atomic E-state index is 6.32. The number of hydrogen-bond acceptors (Lipinski definition) is 1. The van der Waals surface area contributed by atoms with Crippen molar-refractivity contribution in [2.24, 2.45) is 11.1 Å². The zero-order valence-electron chi connectivity index (χ0n) is 12.0. The van der Waals surface area contributed by atoms with Crippen molar-refractivity contribution in [3.05, 3.63) is 31.7 Å². The fraction of sp³-hybridized carbons (Fsp3) is 0.625. The summed E-state index contributed by atoms with van der Waals surface area (Å²) in [7, 11) is 0. The summed E-state index contributed by atoms with van der Waals surface area (Å²) >= 11 is 24.7. The van der Waals surface area contributed by atoms with Crippen molar-refractivity contribution in [1.29, 1.82) is 0 Å². The van der Waals surface area contributed by atoms with Crippen molar-refractivity contribution >= 4 is 46.4 Å². The largest absolute Gasteiger partial charge is 0.330 e. The molecule has 0 atom stereocenters. The monoisotopic (exact) mass is 367 g/mol. The molecule has 0 spiro atoms. The predicted octanol–water partition coefficient (Wildman–Crippen LogP) is 6.53. The summed E-state index contributed by atoms with van der Waals surface area (Å²) in [5, 5.41) is 1.90. The van der Waals surface area contributed by atoms with Crippen LogP contribution in [0.3, 0.4) is 0 Å². The maximum absolute atomic E-state index is 6.32. The summed E-state index contributed by atoms with van der Waals surface area (Å²) in [6.45, 7) is 0.739. The van der Waals surface area contributed by atoms with Gasteiger partial charge >= 0.3 is 0 Å². The average molecular weight is 369 g/mol. The van der Waals surface area contributed by atoms with Crippen LogP contribution < -0.4 is 5.73 Å². The van der Waals surface area contributed by atoms with Crippen molar-refractivity contribution in [1.82, 2.24) is 0 Å². The van der Waals surface area contributed by atoms with E-state index in [2.05, 4.69) is 0 Å². The SMILES string of the molecule is NCCC1(CCc2c(Cl)cc(Cl)c(Cl)c2Cl)CCCCC1. The minimum Gasteiger partial charge on any atom is -0.330 e. The van der Waals surface area contributed by atoms with Crippen LogP contribution in [0.5, 0.6) is 0 Å². The number of hydrogen-bond donors (Lipinski definition) is 1. The molecule has 0 amide bonds. The maximum Gasteiger partial charge on any atom is 0.0782 e. The summed E-state index contributed by atoms with van der Waals surface area (Å²) in [6, 6.07) is 1.68. The van der Waals surface area contributed by atoms with Crippen LogP contribution in [0.4, 0.5) is 0 Å². The van der Waals surface area contributed by atoms with E-state index in [4.69, 9.17) is 52.1 Å². The van der Waals surface area contributed by atoms with Crippen LogP contribution in [0.1, 0.15) is 50.5 Å². The molecule has 0 radical (unpaired) electrons. The van der Waals surface area contributed by atoms with E-state index in [0.29, 0.717) is 25.5 Å². The summed E-state index contributed by atoms with van der Waals surface area (Å²) in [4.78, 5) is 0. The molecular formula is C16H21Cl4N. The van der Waals surface area contributed by atoms with Crippen LogP contribution in [0.25, 0.3) is 0 Å². The number of benzene rings is 1. The molecule has 1 aromatic rings. The summed E-state index contributed by atoms with van der Waals surface area (Å²) in [6.07, 6.45) is 9.38. The van der Waals surface area contributed by atoms with Crippen LogP contribution >= 0.6 is 46.4 Å². The third-order valence-electron chi connectivity index (χ3n) is 4.70. The Kier molecular flexibility index (Phi) is 6.52. The summed E-state index contributed by atoms with van der Waals surface area (Å²) < 4.78 is 0. The van der Waals surface area contributed by atoms with Gasteiger partial charge in [-0.05, 0) is 55.7 Å². The van der Waals surface area contributed by atoms with E-state index in [1.807, 2.05) is 0 Å². The Morgan fingerprint density at radius 2 is 1.57 bits per heavy atom. The van der Waals surface area contributed by atoms with Gasteiger partial charge in [0.15, 0.2) is 0 Å². The first-order valence-electron chi connectivity index (χ1n) is 7.51. The normalized spacial score (nSPS) is 18.0. The molecule has 2 N–H and O–H groups in total. The Morgan fingerprint density at radius 1 is 0.905 bits per heavy atom. The molecule has 0 heterocycles. The second kappa shape index (κ2) is 7.75. The van der Waals surface area contributed by atoms with Crippen molar-refractivity contribution in [3.63, 3.8) is 0 Å². The Bertz CT molecular complexity index is 490. The van der Waals surface area contributed by atoms with Gasteiger partial charge < -0.3 is 5.73 Å². The Balaban J connectivity index is 2.16. The van der Waals surface area contributed by atoms with Crippen LogP contribution in [0.15, 0.2) is 6.07 Å². The van der Waals surface area contributed by atoms with E-state index in [9.17, 15) is 0 Å². The van der Waals surface area contributed by atoms with Crippen molar-refractivity contribution < 1.29 is 0 Å². The van der Waals surface area contributed by atoms with Gasteiger partial charge in [-0.3, -0.25) is 0 Å². The highest BCUT2D eigenvalue weighted by atomic mass is 35.5. The van der Waals surface area contributed by atoms with Crippen molar-refractivity contribution in [2.45, 2.75) is 51.4 Å². The number of nitrogens with two attached hydrogens (primary N) is 1. The van der Waals surface area contributed by atoms with E-state index in [1.165, 1.54) is 32.1 Å². The van der Waals surface area contributed by atoms with Gasteiger partial charge in [-0.2, -0.15) is 0 Å². The molecule has 1 nitrogen and oxygen atoms in total. The molecule has 1 aliphatic carbocycles. The molecule has 1 saturated carbocycles. The van der Waals surface area contributed by atoms with E-state index >= 15 is 0 Å². The molecule has 5 heteroatoms. The van der Waals surface area contributed by atoms with Gasteiger partial charge in [-0.1, -0.05) is 65.7 Å². The number of rotatable bonds is 5. The second-order valence-electron chi connectivity index (χ2n) is 6.05. The second-order valence-corrected chi connectivity index (χ2v) is 7.62. The third kappa shape index (κ3) is 4.20. The molecule has 0 unspecified atom stereocenters. The summed E-state index contributed by atoms with van der Waals surface area (Å²) in [5.74, 6) is 0. The average Bonchev–Trinajstić information content (AvgIpc) is 2.46.